The summed E-state index contributed by atoms with van der Waals surface area (Å²) >= 11 is 5.62. The molecule has 0 aliphatic rings. The van der Waals surface area contributed by atoms with E-state index in [1.165, 1.54) is 0 Å². The van der Waals surface area contributed by atoms with Crippen molar-refractivity contribution >= 4 is 38.1 Å². The van der Waals surface area contributed by atoms with E-state index < -0.39 is 45.0 Å². The fraction of sp³-hybridized carbons (Fsp3) is 0.667. The van der Waals surface area contributed by atoms with Gasteiger partial charge in [-0.3, -0.25) is 9.13 Å². The minimum absolute atomic E-state index is 0.0121. The van der Waals surface area contributed by atoms with Gasteiger partial charge in [0.2, 0.25) is 5.40 Å². The van der Waals surface area contributed by atoms with Gasteiger partial charge in [-0.2, -0.15) is 0 Å². The first-order valence-electron chi connectivity index (χ1n) is 10.5. The molecule has 0 aliphatic heterocycles. The van der Waals surface area contributed by atoms with Crippen LogP contribution in [0.15, 0.2) is 24.3 Å². The number of thiocarbonyl (C=S) groups is 1. The van der Waals surface area contributed by atoms with Gasteiger partial charge in [0.15, 0.2) is 0 Å². The zero-order valence-corrected chi connectivity index (χ0v) is 22.6. The number of anilines is 1. The van der Waals surface area contributed by atoms with E-state index >= 15 is 0 Å². The smallest absolute Gasteiger partial charge is 0.349 e. The Bertz CT molecular complexity index is 745. The van der Waals surface area contributed by atoms with Crippen LogP contribution in [0.25, 0.3) is 0 Å². The second-order valence-corrected chi connectivity index (χ2v) is 13.3. The molecule has 7 nitrogen and oxygen atoms in total. The van der Waals surface area contributed by atoms with Gasteiger partial charge < -0.3 is 23.4 Å². The van der Waals surface area contributed by atoms with Crippen molar-refractivity contribution in [2.45, 2.75) is 92.1 Å². The molecule has 0 bridgehead atoms. The van der Waals surface area contributed by atoms with Crippen molar-refractivity contribution in [2.75, 3.05) is 5.32 Å². The van der Waals surface area contributed by atoms with E-state index in [0.717, 1.165) is 5.56 Å². The molecule has 0 saturated carbocycles. The van der Waals surface area contributed by atoms with Gasteiger partial charge in [-0.25, -0.2) is 0 Å². The van der Waals surface area contributed by atoms with Gasteiger partial charge in [-0.05, 0) is 74.4 Å². The van der Waals surface area contributed by atoms with Gasteiger partial charge >= 0.3 is 15.2 Å². The monoisotopic (exact) mass is 493 g/mol. The second kappa shape index (κ2) is 12.0. The Morgan fingerprint density at radius 3 is 1.35 bits per heavy atom. The fourth-order valence-electron chi connectivity index (χ4n) is 2.76. The highest BCUT2D eigenvalue weighted by Crippen LogP contribution is 2.72. The number of hydrogen-bond donors (Lipinski definition) is 1. The van der Waals surface area contributed by atoms with Crippen LogP contribution in [0.3, 0.4) is 0 Å². The zero-order valence-electron chi connectivity index (χ0n) is 19.9. The molecule has 0 atom stereocenters. The summed E-state index contributed by atoms with van der Waals surface area (Å²) in [6, 6.07) is 7.47. The van der Waals surface area contributed by atoms with E-state index in [2.05, 4.69) is 5.32 Å². The van der Waals surface area contributed by atoms with Gasteiger partial charge in [0.25, 0.3) is 0 Å². The minimum Gasteiger partial charge on any atom is -0.349 e. The number of hydrogen-bond acceptors (Lipinski definition) is 7. The fourth-order valence-corrected chi connectivity index (χ4v) is 9.31. The molecule has 0 fully saturated rings. The Balaban J connectivity index is 3.60. The van der Waals surface area contributed by atoms with E-state index in [1.54, 1.807) is 55.4 Å². The molecule has 1 N–H and O–H groups in total. The average Bonchev–Trinajstić information content (AvgIpc) is 2.53. The molecule has 1 rings (SSSR count). The maximum absolute atomic E-state index is 14.1. The normalized spacial score (nSPS) is 13.1. The van der Waals surface area contributed by atoms with Gasteiger partial charge in [-0.15, -0.1) is 0 Å². The van der Waals surface area contributed by atoms with Crippen LogP contribution in [0.1, 0.15) is 61.0 Å². The van der Waals surface area contributed by atoms with Crippen molar-refractivity contribution in [2.24, 2.45) is 0 Å². The predicted molar refractivity (Wildman–Crippen MR) is 131 cm³/mol. The molecule has 178 valence electrons. The first-order valence-corrected chi connectivity index (χ1v) is 14.1. The maximum Gasteiger partial charge on any atom is 0.353 e. The molecule has 31 heavy (non-hydrogen) atoms. The van der Waals surface area contributed by atoms with E-state index in [9.17, 15) is 9.13 Å². The van der Waals surface area contributed by atoms with E-state index in [4.69, 9.17) is 30.3 Å². The van der Waals surface area contributed by atoms with Crippen LogP contribution in [0.2, 0.25) is 0 Å². The average molecular weight is 494 g/mol. The number of rotatable bonds is 12. The molecule has 0 amide bonds. The number of aryl methyl sites for hydroxylation is 1. The van der Waals surface area contributed by atoms with Crippen LogP contribution < -0.4 is 5.32 Å². The highest BCUT2D eigenvalue weighted by atomic mass is 32.1. The summed E-state index contributed by atoms with van der Waals surface area (Å²) in [7, 11) is -8.19. The van der Waals surface area contributed by atoms with Crippen LogP contribution in [-0.2, 0) is 27.2 Å². The van der Waals surface area contributed by atoms with Crippen molar-refractivity contribution in [3.8, 4) is 0 Å². The van der Waals surface area contributed by atoms with E-state index in [1.807, 2.05) is 31.2 Å². The van der Waals surface area contributed by atoms with Crippen LogP contribution >= 0.6 is 27.4 Å². The Hall–Kier alpha value is -0.590. The third kappa shape index (κ3) is 9.05. The van der Waals surface area contributed by atoms with Crippen molar-refractivity contribution in [1.29, 1.82) is 0 Å². The highest BCUT2D eigenvalue weighted by Gasteiger charge is 2.55. The summed E-state index contributed by atoms with van der Waals surface area (Å²) in [6.45, 7) is 15.8. The number of nitrogens with one attached hydrogen (secondary N) is 1. The quantitative estimate of drug-likeness (QED) is 0.243. The molecule has 10 heteroatoms. The van der Waals surface area contributed by atoms with Crippen molar-refractivity contribution in [1.82, 2.24) is 0 Å². The summed E-state index contributed by atoms with van der Waals surface area (Å²) in [4.78, 5) is 0.0121. The van der Waals surface area contributed by atoms with E-state index in [-0.39, 0.29) is 4.99 Å². The molecule has 0 spiro atoms. The predicted octanol–water partition coefficient (Wildman–Crippen LogP) is 7.15. The lowest BCUT2D eigenvalue weighted by molar-refractivity contribution is 0.127. The van der Waals surface area contributed by atoms with Crippen LogP contribution in [-0.4, -0.2) is 34.8 Å². The SMILES string of the molecule is Cc1ccc(NC(=S)C(P(=O)(OC(C)C)OC(C)C)P(=O)(OC(C)C)OC(C)C)cc1. The minimum atomic E-state index is -4.10. The molecule has 0 heterocycles. The summed E-state index contributed by atoms with van der Waals surface area (Å²) in [5.41, 5.74) is 1.73. The van der Waals surface area contributed by atoms with Crippen molar-refractivity contribution in [3.05, 3.63) is 29.8 Å². The lowest BCUT2D eigenvalue weighted by Gasteiger charge is -2.35. The molecule has 1 aromatic rings. The third-order valence-corrected chi connectivity index (χ3v) is 10.5. The second-order valence-electron chi connectivity index (χ2n) is 8.43. The first kappa shape index (κ1) is 28.4. The van der Waals surface area contributed by atoms with Gasteiger partial charge in [0, 0.05) is 5.69 Å². The summed E-state index contributed by atoms with van der Waals surface area (Å²) in [5, 5.41) is 1.60. The molecule has 0 aliphatic carbocycles. The van der Waals surface area contributed by atoms with Crippen LogP contribution in [0.5, 0.6) is 0 Å². The topological polar surface area (TPSA) is 83.1 Å². The molecule has 0 aromatic heterocycles. The molecular formula is C21H37NO6P2S. The Morgan fingerprint density at radius 1 is 0.742 bits per heavy atom. The molecule has 0 saturated heterocycles. The largest absolute Gasteiger partial charge is 0.353 e. The molecular weight excluding hydrogens is 456 g/mol. The molecule has 0 radical (unpaired) electrons. The Labute approximate surface area is 192 Å². The maximum atomic E-state index is 14.1. The summed E-state index contributed by atoms with van der Waals surface area (Å²) < 4.78 is 51.3. The molecule has 0 unspecified atom stereocenters. The summed E-state index contributed by atoms with van der Waals surface area (Å²) in [6.07, 6.45) is -1.89. The Morgan fingerprint density at radius 2 is 1.06 bits per heavy atom. The first-order chi connectivity index (χ1) is 14.2. The van der Waals surface area contributed by atoms with Crippen LogP contribution in [0.4, 0.5) is 5.69 Å². The van der Waals surface area contributed by atoms with Gasteiger partial charge in [0.1, 0.15) is 4.99 Å². The van der Waals surface area contributed by atoms with Crippen molar-refractivity contribution in [3.63, 3.8) is 0 Å². The highest BCUT2D eigenvalue weighted by molar-refractivity contribution is 7.85. The lowest BCUT2D eigenvalue weighted by atomic mass is 10.2. The van der Waals surface area contributed by atoms with Crippen LogP contribution in [0, 0.1) is 6.92 Å². The summed E-state index contributed by atoms with van der Waals surface area (Å²) in [5.74, 6) is 0. The number of benzene rings is 1. The zero-order chi connectivity index (χ0) is 24.0. The Kier molecular flexibility index (Phi) is 11.0. The molecule has 1 aromatic carbocycles. The lowest BCUT2D eigenvalue weighted by Crippen LogP contribution is -2.32. The van der Waals surface area contributed by atoms with Gasteiger partial charge in [-0.1, -0.05) is 29.9 Å². The third-order valence-electron chi connectivity index (χ3n) is 3.58. The standard InChI is InChI=1S/C21H37NO6P2S/c1-14(2)25-29(23,26-15(3)4)21(30(24,27-16(5)6)28-17(7)8)20(31)22-19-12-10-18(9)11-13-19/h10-17,21H,1-9H3,(H,22,31). The van der Waals surface area contributed by atoms with E-state index in [0.29, 0.717) is 5.69 Å². The van der Waals surface area contributed by atoms with Gasteiger partial charge in [0.05, 0.1) is 24.4 Å². The van der Waals surface area contributed by atoms with Crippen molar-refractivity contribution < 1.29 is 27.2 Å².